The number of nitrogens with zero attached hydrogens (tertiary/aromatic N) is 1. The van der Waals surface area contributed by atoms with E-state index in [1.165, 1.54) is 5.56 Å². The topological polar surface area (TPSA) is 99.8 Å². The molecule has 3 amide bonds. The summed E-state index contributed by atoms with van der Waals surface area (Å²) in [6.07, 6.45) is 1.44. The van der Waals surface area contributed by atoms with Gasteiger partial charge in [0.2, 0.25) is 0 Å². The zero-order chi connectivity index (χ0) is 20.6. The minimum atomic E-state index is -0.559. The molecule has 0 saturated heterocycles. The molecule has 3 rings (SSSR count). The molecule has 0 bridgehead atoms. The molecule has 0 radical (unpaired) electrons. The molecule has 1 aliphatic rings. The molecule has 2 aromatic rings. The lowest BCUT2D eigenvalue weighted by molar-refractivity contribution is -0.120. The molecular weight excluding hydrogens is 372 g/mol. The summed E-state index contributed by atoms with van der Waals surface area (Å²) in [7, 11) is 0. The Morgan fingerprint density at radius 1 is 1.03 bits per heavy atom. The van der Waals surface area contributed by atoms with Crippen molar-refractivity contribution in [3.63, 3.8) is 0 Å². The summed E-state index contributed by atoms with van der Waals surface area (Å²) in [6.45, 7) is 2.95. The maximum Gasteiger partial charge on any atom is 0.411 e. The van der Waals surface area contributed by atoms with E-state index >= 15 is 0 Å². The van der Waals surface area contributed by atoms with Crippen molar-refractivity contribution in [1.82, 2.24) is 10.9 Å². The smallest absolute Gasteiger partial charge is 0.411 e. The summed E-state index contributed by atoms with van der Waals surface area (Å²) in [4.78, 5) is 37.9. The van der Waals surface area contributed by atoms with Gasteiger partial charge in [-0.2, -0.15) is 0 Å². The Hall–Kier alpha value is -3.55. The maximum absolute atomic E-state index is 12.3. The Balaban J connectivity index is 1.49. The maximum atomic E-state index is 12.3. The third-order valence-corrected chi connectivity index (χ3v) is 4.53. The number of aryl methyl sites for hydroxylation is 1. The third-order valence-electron chi connectivity index (χ3n) is 4.53. The molecule has 1 aliphatic heterocycles. The number of hydrazine groups is 1. The first-order valence-electron chi connectivity index (χ1n) is 9.52. The number of fused-ring (bicyclic) bond motifs is 1. The van der Waals surface area contributed by atoms with Gasteiger partial charge in [0.25, 0.3) is 11.8 Å². The van der Waals surface area contributed by atoms with Gasteiger partial charge in [-0.1, -0.05) is 18.2 Å². The molecule has 8 nitrogen and oxygen atoms in total. The van der Waals surface area contributed by atoms with Crippen LogP contribution in [0.2, 0.25) is 0 Å². The normalized spacial score (nSPS) is 12.5. The van der Waals surface area contributed by atoms with Crippen LogP contribution in [0.3, 0.4) is 0 Å². The average molecular weight is 396 g/mol. The van der Waals surface area contributed by atoms with Crippen LogP contribution >= 0.6 is 0 Å². The molecule has 0 atom stereocenters. The van der Waals surface area contributed by atoms with Gasteiger partial charge in [0, 0.05) is 23.5 Å². The van der Waals surface area contributed by atoms with Gasteiger partial charge in [0.1, 0.15) is 0 Å². The van der Waals surface area contributed by atoms with Crippen LogP contribution < -0.4 is 21.1 Å². The van der Waals surface area contributed by atoms with E-state index in [0.717, 1.165) is 25.1 Å². The summed E-state index contributed by atoms with van der Waals surface area (Å²) >= 11 is 0. The number of amides is 3. The van der Waals surface area contributed by atoms with E-state index in [4.69, 9.17) is 4.74 Å². The number of rotatable bonds is 5. The Labute approximate surface area is 169 Å². The number of nitrogens with one attached hydrogen (secondary N) is 3. The van der Waals surface area contributed by atoms with Crippen molar-refractivity contribution in [2.24, 2.45) is 0 Å². The van der Waals surface area contributed by atoms with Crippen molar-refractivity contribution >= 4 is 29.3 Å². The fourth-order valence-corrected chi connectivity index (χ4v) is 3.18. The monoisotopic (exact) mass is 396 g/mol. The summed E-state index contributed by atoms with van der Waals surface area (Å²) in [5, 5.41) is 2.54. The van der Waals surface area contributed by atoms with Crippen LogP contribution in [0.4, 0.5) is 16.2 Å². The molecule has 152 valence electrons. The standard InChI is InChI=1S/C21H24N4O4/c1-2-29-21(28)22-17-11-9-16(10-12-17)20(27)24-23-19(26)14-25-13-5-7-15-6-3-4-8-18(15)25/h3-4,6,8-12H,2,5,7,13-14H2,1H3,(H,22,28)(H,23,26)(H,24,27). The van der Waals surface area contributed by atoms with Gasteiger partial charge < -0.3 is 9.64 Å². The summed E-state index contributed by atoms with van der Waals surface area (Å²) in [5.74, 6) is -0.740. The zero-order valence-electron chi connectivity index (χ0n) is 16.2. The van der Waals surface area contributed by atoms with Crippen molar-refractivity contribution in [1.29, 1.82) is 0 Å². The van der Waals surface area contributed by atoms with Crippen molar-refractivity contribution in [3.05, 3.63) is 59.7 Å². The number of anilines is 2. The Bertz CT molecular complexity index is 883. The van der Waals surface area contributed by atoms with E-state index in [1.807, 2.05) is 23.1 Å². The van der Waals surface area contributed by atoms with Gasteiger partial charge in [0.15, 0.2) is 0 Å². The molecule has 2 aromatic carbocycles. The number of hydrogen-bond donors (Lipinski definition) is 3. The van der Waals surface area contributed by atoms with E-state index in [-0.39, 0.29) is 19.1 Å². The lowest BCUT2D eigenvalue weighted by atomic mass is 10.0. The first-order chi connectivity index (χ1) is 14.1. The minimum Gasteiger partial charge on any atom is -0.450 e. The van der Waals surface area contributed by atoms with Crippen molar-refractivity contribution in [3.8, 4) is 0 Å². The largest absolute Gasteiger partial charge is 0.450 e. The van der Waals surface area contributed by atoms with E-state index in [0.29, 0.717) is 11.3 Å². The van der Waals surface area contributed by atoms with Crippen LogP contribution in [0.15, 0.2) is 48.5 Å². The van der Waals surface area contributed by atoms with E-state index in [9.17, 15) is 14.4 Å². The highest BCUT2D eigenvalue weighted by Gasteiger charge is 2.19. The Kier molecular flexibility index (Phi) is 6.67. The van der Waals surface area contributed by atoms with Gasteiger partial charge in [-0.05, 0) is 55.7 Å². The molecule has 0 aliphatic carbocycles. The second-order valence-corrected chi connectivity index (χ2v) is 6.58. The van der Waals surface area contributed by atoms with Gasteiger partial charge in [0.05, 0.1) is 13.2 Å². The molecule has 29 heavy (non-hydrogen) atoms. The van der Waals surface area contributed by atoms with E-state index < -0.39 is 12.0 Å². The summed E-state index contributed by atoms with van der Waals surface area (Å²) in [6, 6.07) is 14.3. The molecular formula is C21H24N4O4. The molecule has 0 spiro atoms. The van der Waals surface area contributed by atoms with Crippen molar-refractivity contribution < 1.29 is 19.1 Å². The van der Waals surface area contributed by atoms with Gasteiger partial charge in [-0.3, -0.25) is 25.8 Å². The highest BCUT2D eigenvalue weighted by molar-refractivity contribution is 5.96. The number of para-hydroxylation sites is 1. The van der Waals surface area contributed by atoms with E-state index in [2.05, 4.69) is 22.2 Å². The van der Waals surface area contributed by atoms with Crippen LogP contribution in [-0.2, 0) is 16.0 Å². The summed E-state index contributed by atoms with van der Waals surface area (Å²) < 4.78 is 4.79. The van der Waals surface area contributed by atoms with Crippen LogP contribution in [0.1, 0.15) is 29.3 Å². The first-order valence-corrected chi connectivity index (χ1v) is 9.52. The number of carbonyl (C=O) groups is 3. The predicted octanol–water partition coefficient (Wildman–Crippen LogP) is 2.47. The number of benzene rings is 2. The first kappa shape index (κ1) is 20.2. The lowest BCUT2D eigenvalue weighted by Gasteiger charge is -2.30. The zero-order valence-corrected chi connectivity index (χ0v) is 16.2. The molecule has 0 saturated carbocycles. The number of ether oxygens (including phenoxy) is 1. The van der Waals surface area contributed by atoms with Crippen LogP contribution in [0, 0.1) is 0 Å². The van der Waals surface area contributed by atoms with Crippen molar-refractivity contribution in [2.45, 2.75) is 19.8 Å². The summed E-state index contributed by atoms with van der Waals surface area (Å²) in [5.41, 5.74) is 8.01. The SMILES string of the molecule is CCOC(=O)Nc1ccc(C(=O)NNC(=O)CN2CCCc3ccccc32)cc1. The Morgan fingerprint density at radius 2 is 1.79 bits per heavy atom. The van der Waals surface area contributed by atoms with Crippen LogP contribution in [-0.4, -0.2) is 37.6 Å². The second-order valence-electron chi connectivity index (χ2n) is 6.58. The fraction of sp³-hybridized carbons (Fsp3) is 0.286. The highest BCUT2D eigenvalue weighted by atomic mass is 16.5. The minimum absolute atomic E-state index is 0.166. The number of hydrogen-bond acceptors (Lipinski definition) is 5. The second kappa shape index (κ2) is 9.59. The highest BCUT2D eigenvalue weighted by Crippen LogP contribution is 2.26. The Morgan fingerprint density at radius 3 is 2.55 bits per heavy atom. The van der Waals surface area contributed by atoms with Gasteiger partial charge >= 0.3 is 6.09 Å². The molecule has 8 heteroatoms. The third kappa shape index (κ3) is 5.47. The molecule has 3 N–H and O–H groups in total. The lowest BCUT2D eigenvalue weighted by Crippen LogP contribution is -2.47. The molecule has 0 aromatic heterocycles. The molecule has 0 unspecified atom stereocenters. The van der Waals surface area contributed by atoms with Gasteiger partial charge in [-0.15, -0.1) is 0 Å². The van der Waals surface area contributed by atoms with Crippen LogP contribution in [0.5, 0.6) is 0 Å². The van der Waals surface area contributed by atoms with Crippen molar-refractivity contribution in [2.75, 3.05) is 29.9 Å². The van der Waals surface area contributed by atoms with Gasteiger partial charge in [-0.25, -0.2) is 4.79 Å². The van der Waals surface area contributed by atoms with Crippen LogP contribution in [0.25, 0.3) is 0 Å². The quantitative estimate of drug-likeness (QED) is 0.674. The van der Waals surface area contributed by atoms with E-state index in [1.54, 1.807) is 31.2 Å². The average Bonchev–Trinajstić information content (AvgIpc) is 2.73. The molecule has 1 heterocycles. The molecule has 0 fully saturated rings. The fourth-order valence-electron chi connectivity index (χ4n) is 3.18. The number of carbonyl (C=O) groups excluding carboxylic acids is 3. The predicted molar refractivity (Wildman–Crippen MR) is 110 cm³/mol.